The zero-order valence-electron chi connectivity index (χ0n) is 12.2. The Morgan fingerprint density at radius 1 is 1.26 bits per heavy atom. The zero-order valence-corrected chi connectivity index (χ0v) is 13.8. The van der Waals surface area contributed by atoms with E-state index in [0.717, 1.165) is 22.4 Å². The Labute approximate surface area is 125 Å². The number of hydrogen-bond donors (Lipinski definition) is 0. The van der Waals surface area contributed by atoms with Gasteiger partial charge in [0.2, 0.25) is 0 Å². The summed E-state index contributed by atoms with van der Waals surface area (Å²) in [7, 11) is 1.70. The van der Waals surface area contributed by atoms with E-state index in [2.05, 4.69) is 35.8 Å². The predicted octanol–water partition coefficient (Wildman–Crippen LogP) is 5.19. The first-order valence-electron chi connectivity index (χ1n) is 7.11. The lowest BCUT2D eigenvalue weighted by Gasteiger charge is -2.15. The maximum absolute atomic E-state index is 5.87. The van der Waals surface area contributed by atoms with E-state index in [4.69, 9.17) is 9.47 Å². The second-order valence-electron chi connectivity index (χ2n) is 4.89. The van der Waals surface area contributed by atoms with Crippen LogP contribution in [0.4, 0.5) is 0 Å². The summed E-state index contributed by atoms with van der Waals surface area (Å²) in [6.07, 6.45) is 5.01. The Morgan fingerprint density at radius 2 is 2.05 bits per heavy atom. The molecule has 0 saturated carbocycles. The molecule has 1 aromatic carbocycles. The first kappa shape index (κ1) is 16.5. The Bertz CT molecular complexity index is 366. The summed E-state index contributed by atoms with van der Waals surface area (Å²) in [5.74, 6) is 1.57. The molecule has 19 heavy (non-hydrogen) atoms. The molecule has 0 aromatic heterocycles. The van der Waals surface area contributed by atoms with Crippen LogP contribution in [0.1, 0.15) is 45.1 Å². The highest BCUT2D eigenvalue weighted by Gasteiger charge is 2.08. The van der Waals surface area contributed by atoms with Crippen LogP contribution >= 0.6 is 15.9 Å². The summed E-state index contributed by atoms with van der Waals surface area (Å²) in [5, 5.41) is 0. The van der Waals surface area contributed by atoms with Crippen molar-refractivity contribution in [1.82, 2.24) is 0 Å². The van der Waals surface area contributed by atoms with Crippen molar-refractivity contribution in [2.75, 3.05) is 13.7 Å². The van der Waals surface area contributed by atoms with E-state index >= 15 is 0 Å². The van der Waals surface area contributed by atoms with Crippen molar-refractivity contribution >= 4 is 15.9 Å². The maximum Gasteiger partial charge on any atom is 0.124 e. The van der Waals surface area contributed by atoms with Crippen LogP contribution in [0.5, 0.6) is 5.75 Å². The fraction of sp³-hybridized carbons (Fsp3) is 0.625. The van der Waals surface area contributed by atoms with E-state index in [9.17, 15) is 0 Å². The van der Waals surface area contributed by atoms with Crippen LogP contribution in [0.2, 0.25) is 0 Å². The third kappa shape index (κ3) is 5.96. The van der Waals surface area contributed by atoms with Gasteiger partial charge in [0.1, 0.15) is 5.75 Å². The van der Waals surface area contributed by atoms with Gasteiger partial charge in [-0.1, -0.05) is 49.0 Å². The van der Waals surface area contributed by atoms with E-state index in [1.165, 1.54) is 25.7 Å². The van der Waals surface area contributed by atoms with E-state index in [-0.39, 0.29) is 0 Å². The number of methoxy groups -OCH3 is 1. The van der Waals surface area contributed by atoms with Gasteiger partial charge in [-0.05, 0) is 30.5 Å². The minimum atomic E-state index is 0.616. The third-order valence-electron chi connectivity index (χ3n) is 3.40. The standard InChI is InChI=1S/C16H25BrO2/c1-4-6-7-13(5-2)11-19-12-14-10-15(17)8-9-16(14)18-3/h8-10,13H,4-7,11-12H2,1-3H3. The van der Waals surface area contributed by atoms with E-state index < -0.39 is 0 Å². The van der Waals surface area contributed by atoms with E-state index in [0.29, 0.717) is 12.5 Å². The first-order chi connectivity index (χ1) is 9.21. The fourth-order valence-corrected chi connectivity index (χ4v) is 2.50. The van der Waals surface area contributed by atoms with Gasteiger partial charge in [-0.3, -0.25) is 0 Å². The third-order valence-corrected chi connectivity index (χ3v) is 3.89. The van der Waals surface area contributed by atoms with Gasteiger partial charge in [0, 0.05) is 16.6 Å². The lowest BCUT2D eigenvalue weighted by atomic mass is 10.0. The van der Waals surface area contributed by atoms with Gasteiger partial charge in [-0.2, -0.15) is 0 Å². The summed E-state index contributed by atoms with van der Waals surface area (Å²) < 4.78 is 12.3. The molecule has 3 heteroatoms. The molecule has 0 bridgehead atoms. The van der Waals surface area contributed by atoms with Crippen molar-refractivity contribution < 1.29 is 9.47 Å². The Balaban J connectivity index is 2.45. The molecule has 0 aliphatic rings. The van der Waals surface area contributed by atoms with Crippen LogP contribution in [-0.2, 0) is 11.3 Å². The second-order valence-corrected chi connectivity index (χ2v) is 5.80. The smallest absolute Gasteiger partial charge is 0.124 e. The maximum atomic E-state index is 5.87. The molecule has 0 fully saturated rings. The lowest BCUT2D eigenvalue weighted by molar-refractivity contribution is 0.0806. The van der Waals surface area contributed by atoms with Crippen LogP contribution in [0, 0.1) is 5.92 Å². The number of rotatable bonds is 9. The summed E-state index contributed by atoms with van der Waals surface area (Å²) in [6, 6.07) is 6.02. The number of halogens is 1. The molecular formula is C16H25BrO2. The lowest BCUT2D eigenvalue weighted by Crippen LogP contribution is -2.09. The average Bonchev–Trinajstić information content (AvgIpc) is 2.43. The van der Waals surface area contributed by atoms with Gasteiger partial charge >= 0.3 is 0 Å². The molecule has 1 unspecified atom stereocenters. The molecule has 0 N–H and O–H groups in total. The molecule has 1 atom stereocenters. The molecule has 0 aliphatic heterocycles. The number of hydrogen-bond acceptors (Lipinski definition) is 2. The van der Waals surface area contributed by atoms with Gasteiger partial charge in [0.05, 0.1) is 13.7 Å². The topological polar surface area (TPSA) is 18.5 Å². The van der Waals surface area contributed by atoms with Gasteiger partial charge < -0.3 is 9.47 Å². The molecule has 1 aromatic rings. The van der Waals surface area contributed by atoms with Gasteiger partial charge in [0.15, 0.2) is 0 Å². The van der Waals surface area contributed by atoms with Crippen molar-refractivity contribution in [3.63, 3.8) is 0 Å². The normalized spacial score (nSPS) is 12.4. The summed E-state index contributed by atoms with van der Waals surface area (Å²) in [4.78, 5) is 0. The Morgan fingerprint density at radius 3 is 2.68 bits per heavy atom. The molecule has 108 valence electrons. The zero-order chi connectivity index (χ0) is 14.1. The molecule has 2 nitrogen and oxygen atoms in total. The Kier molecular flexibility index (Phi) is 8.15. The van der Waals surface area contributed by atoms with Crippen LogP contribution in [0.15, 0.2) is 22.7 Å². The molecule has 0 heterocycles. The van der Waals surface area contributed by atoms with Crippen LogP contribution < -0.4 is 4.74 Å². The highest BCUT2D eigenvalue weighted by Crippen LogP contribution is 2.24. The van der Waals surface area contributed by atoms with Crippen LogP contribution in [0.3, 0.4) is 0 Å². The highest BCUT2D eigenvalue weighted by molar-refractivity contribution is 9.10. The first-order valence-corrected chi connectivity index (χ1v) is 7.90. The van der Waals surface area contributed by atoms with Crippen LogP contribution in [-0.4, -0.2) is 13.7 Å². The Hall–Kier alpha value is -0.540. The quantitative estimate of drug-likeness (QED) is 0.621. The minimum absolute atomic E-state index is 0.616. The SMILES string of the molecule is CCCCC(CC)COCc1cc(Br)ccc1OC. The molecule has 0 saturated heterocycles. The molecule has 0 spiro atoms. The molecule has 0 aliphatic carbocycles. The van der Waals surface area contributed by atoms with Crippen LogP contribution in [0.25, 0.3) is 0 Å². The second kappa shape index (κ2) is 9.38. The largest absolute Gasteiger partial charge is 0.496 e. The number of unbranched alkanes of at least 4 members (excludes halogenated alkanes) is 1. The molecule has 1 rings (SSSR count). The van der Waals surface area contributed by atoms with Gasteiger partial charge in [-0.25, -0.2) is 0 Å². The summed E-state index contributed by atoms with van der Waals surface area (Å²) in [6.45, 7) is 5.93. The number of benzene rings is 1. The predicted molar refractivity (Wildman–Crippen MR) is 83.7 cm³/mol. The van der Waals surface area contributed by atoms with Crippen molar-refractivity contribution in [3.05, 3.63) is 28.2 Å². The van der Waals surface area contributed by atoms with Gasteiger partial charge in [0.25, 0.3) is 0 Å². The van der Waals surface area contributed by atoms with E-state index in [1.807, 2.05) is 12.1 Å². The molecule has 0 radical (unpaired) electrons. The highest BCUT2D eigenvalue weighted by atomic mass is 79.9. The van der Waals surface area contributed by atoms with Gasteiger partial charge in [-0.15, -0.1) is 0 Å². The summed E-state index contributed by atoms with van der Waals surface area (Å²) >= 11 is 3.48. The fourth-order valence-electron chi connectivity index (χ4n) is 2.09. The van der Waals surface area contributed by atoms with Crippen molar-refractivity contribution in [2.45, 2.75) is 46.1 Å². The number of ether oxygens (including phenoxy) is 2. The van der Waals surface area contributed by atoms with Crippen molar-refractivity contribution in [3.8, 4) is 5.75 Å². The summed E-state index contributed by atoms with van der Waals surface area (Å²) in [5.41, 5.74) is 1.10. The van der Waals surface area contributed by atoms with Crippen molar-refractivity contribution in [2.24, 2.45) is 5.92 Å². The minimum Gasteiger partial charge on any atom is -0.496 e. The monoisotopic (exact) mass is 328 g/mol. The molecule has 0 amide bonds. The van der Waals surface area contributed by atoms with E-state index in [1.54, 1.807) is 7.11 Å². The molecular weight excluding hydrogens is 304 g/mol. The average molecular weight is 329 g/mol. The van der Waals surface area contributed by atoms with Crippen molar-refractivity contribution in [1.29, 1.82) is 0 Å².